The molecule has 0 fully saturated rings. The molecule has 0 saturated heterocycles. The molecule has 0 spiro atoms. The van der Waals surface area contributed by atoms with E-state index in [1.165, 1.54) is 6.92 Å². The second kappa shape index (κ2) is 15.8. The fraction of sp³-hybridized carbons (Fsp3) is 0.778. The Balaban J connectivity index is -0.0000000653. The summed E-state index contributed by atoms with van der Waals surface area (Å²) in [5, 5.41) is 15.8. The molecule has 5 nitrogen and oxygen atoms in total. The topological polar surface area (TPSA) is 101 Å². The van der Waals surface area contributed by atoms with Crippen LogP contribution in [0.25, 0.3) is 0 Å². The maximum atomic E-state index is 9.65. The molecular weight excluding hydrogens is 266 g/mol. The summed E-state index contributed by atoms with van der Waals surface area (Å²) in [7, 11) is 0. The number of carboxylic acids is 2. The van der Waals surface area contributed by atoms with Crippen molar-refractivity contribution in [1.29, 1.82) is 0 Å². The quantitative estimate of drug-likeness (QED) is 0.674. The first-order chi connectivity index (χ1) is 6.29. The minimum absolute atomic E-state index is 0. The van der Waals surface area contributed by atoms with Crippen molar-refractivity contribution < 1.29 is 19.8 Å². The van der Waals surface area contributed by atoms with Gasteiger partial charge in [-0.2, -0.15) is 0 Å². The number of alkyl halides is 1. The summed E-state index contributed by atoms with van der Waals surface area (Å²) in [5.74, 6) is -1.79. The summed E-state index contributed by atoms with van der Waals surface area (Å²) in [6, 6.07) is -0.731. The number of carbonyl (C=O) groups is 2. The molecular formula is C9H22BrNO4. The molecule has 6 heteroatoms. The van der Waals surface area contributed by atoms with Gasteiger partial charge in [0.1, 0.15) is 10.9 Å². The van der Waals surface area contributed by atoms with Gasteiger partial charge in [0.25, 0.3) is 0 Å². The van der Waals surface area contributed by atoms with Crippen LogP contribution in [0.5, 0.6) is 0 Å². The van der Waals surface area contributed by atoms with Crippen molar-refractivity contribution in [3.63, 3.8) is 0 Å². The average molecular weight is 288 g/mol. The number of carboxylic acid groups (broad SMARTS) is 2. The lowest BCUT2D eigenvalue weighted by molar-refractivity contribution is -0.138. The van der Waals surface area contributed by atoms with Gasteiger partial charge in [-0.15, -0.1) is 0 Å². The number of halogens is 1. The second-order valence-electron chi connectivity index (χ2n) is 2.08. The number of hydrogen-bond acceptors (Lipinski definition) is 3. The lowest BCUT2D eigenvalue weighted by Gasteiger charge is -1.90. The van der Waals surface area contributed by atoms with Crippen molar-refractivity contribution in [2.45, 2.75) is 46.0 Å². The zero-order valence-corrected chi connectivity index (χ0v) is 10.4. The van der Waals surface area contributed by atoms with E-state index < -0.39 is 22.8 Å². The average Bonchev–Trinajstić information content (AvgIpc) is 2.08. The van der Waals surface area contributed by atoms with Crippen molar-refractivity contribution in [1.82, 2.24) is 0 Å². The number of aliphatic carboxylic acids is 2. The molecule has 0 heterocycles. The molecule has 2 unspecified atom stereocenters. The Morgan fingerprint density at radius 1 is 1.13 bits per heavy atom. The van der Waals surface area contributed by atoms with Crippen LogP contribution in [0.3, 0.4) is 0 Å². The van der Waals surface area contributed by atoms with Crippen LogP contribution in [0, 0.1) is 0 Å². The highest BCUT2D eigenvalue weighted by atomic mass is 79.9. The van der Waals surface area contributed by atoms with Crippen LogP contribution in [-0.4, -0.2) is 33.0 Å². The molecule has 0 aliphatic rings. The fourth-order valence-corrected chi connectivity index (χ4v) is 0. The van der Waals surface area contributed by atoms with Crippen molar-refractivity contribution >= 4 is 27.9 Å². The van der Waals surface area contributed by atoms with Gasteiger partial charge < -0.3 is 15.9 Å². The molecule has 4 N–H and O–H groups in total. The van der Waals surface area contributed by atoms with Gasteiger partial charge in [-0.25, -0.2) is 0 Å². The standard InChI is InChI=1S/C3H5BrO2.C3H7NO2.C2H6.CH4/c2*1-2(4)3(5)6;1-2;/h2H,1H3,(H,5,6);2H,4H2,1H3,(H,5,6);1-2H3;1H4. The summed E-state index contributed by atoms with van der Waals surface area (Å²) in [6.45, 7) is 6.98. The Morgan fingerprint density at radius 2 is 1.27 bits per heavy atom. The Bertz CT molecular complexity index is 142. The van der Waals surface area contributed by atoms with Crippen LogP contribution in [0.2, 0.25) is 0 Å². The first-order valence-electron chi connectivity index (χ1n) is 4.14. The van der Waals surface area contributed by atoms with Crippen LogP contribution in [0.15, 0.2) is 0 Å². The zero-order valence-electron chi connectivity index (χ0n) is 8.82. The van der Waals surface area contributed by atoms with E-state index in [9.17, 15) is 9.59 Å². The molecule has 0 aliphatic heterocycles. The molecule has 0 bridgehead atoms. The molecule has 0 saturated carbocycles. The Labute approximate surface area is 99.8 Å². The predicted octanol–water partition coefficient (Wildman–Crippen LogP) is 1.93. The van der Waals surface area contributed by atoms with Crippen LogP contribution in [0.1, 0.15) is 35.1 Å². The summed E-state index contributed by atoms with van der Waals surface area (Å²) < 4.78 is 0. The van der Waals surface area contributed by atoms with Gasteiger partial charge in [0, 0.05) is 0 Å². The van der Waals surface area contributed by atoms with Crippen molar-refractivity contribution in [2.24, 2.45) is 5.73 Å². The predicted molar refractivity (Wildman–Crippen MR) is 65.4 cm³/mol. The molecule has 0 aromatic rings. The summed E-state index contributed by atoms with van der Waals surface area (Å²) in [4.78, 5) is 18.8. The van der Waals surface area contributed by atoms with Crippen molar-refractivity contribution in [2.75, 3.05) is 0 Å². The van der Waals surface area contributed by atoms with E-state index in [1.54, 1.807) is 6.92 Å². The van der Waals surface area contributed by atoms with Crippen LogP contribution in [0.4, 0.5) is 0 Å². The minimum atomic E-state index is -0.963. The lowest BCUT2D eigenvalue weighted by atomic mass is 10.4. The Hall–Kier alpha value is -0.620. The summed E-state index contributed by atoms with van der Waals surface area (Å²) in [6.07, 6.45) is 0. The minimum Gasteiger partial charge on any atom is -0.480 e. The number of rotatable bonds is 2. The Kier molecular flexibility index (Phi) is 25.2. The van der Waals surface area contributed by atoms with E-state index in [0.29, 0.717) is 0 Å². The van der Waals surface area contributed by atoms with E-state index >= 15 is 0 Å². The van der Waals surface area contributed by atoms with E-state index in [-0.39, 0.29) is 7.43 Å². The maximum Gasteiger partial charge on any atom is 0.320 e. The number of nitrogens with two attached hydrogens (primary N) is 1. The van der Waals surface area contributed by atoms with Gasteiger partial charge in [-0.05, 0) is 13.8 Å². The maximum absolute atomic E-state index is 9.65. The third-order valence-corrected chi connectivity index (χ3v) is 1.12. The highest BCUT2D eigenvalue weighted by Crippen LogP contribution is 1.93. The molecule has 0 radical (unpaired) electrons. The molecule has 94 valence electrons. The molecule has 2 atom stereocenters. The lowest BCUT2D eigenvalue weighted by Crippen LogP contribution is -2.25. The first kappa shape index (κ1) is 23.9. The van der Waals surface area contributed by atoms with Crippen LogP contribution >= 0.6 is 15.9 Å². The van der Waals surface area contributed by atoms with Gasteiger partial charge in [-0.3, -0.25) is 9.59 Å². The molecule has 0 rings (SSSR count). The van der Waals surface area contributed by atoms with Gasteiger partial charge in [0.05, 0.1) is 0 Å². The van der Waals surface area contributed by atoms with Gasteiger partial charge in [0.2, 0.25) is 0 Å². The highest BCUT2D eigenvalue weighted by molar-refractivity contribution is 9.10. The van der Waals surface area contributed by atoms with Crippen LogP contribution in [-0.2, 0) is 9.59 Å². The third kappa shape index (κ3) is 31.8. The van der Waals surface area contributed by atoms with Gasteiger partial charge in [0.15, 0.2) is 0 Å². The Morgan fingerprint density at radius 3 is 1.27 bits per heavy atom. The van der Waals surface area contributed by atoms with Crippen molar-refractivity contribution in [3.8, 4) is 0 Å². The molecule has 0 aromatic heterocycles. The monoisotopic (exact) mass is 287 g/mol. The van der Waals surface area contributed by atoms with Gasteiger partial charge >= 0.3 is 11.9 Å². The largest absolute Gasteiger partial charge is 0.480 e. The SMILES string of the molecule is C.CC.CC(Br)C(=O)O.CC(N)C(=O)O. The van der Waals surface area contributed by atoms with Crippen molar-refractivity contribution in [3.05, 3.63) is 0 Å². The van der Waals surface area contributed by atoms with Crippen LogP contribution < -0.4 is 5.73 Å². The first-order valence-corrected chi connectivity index (χ1v) is 5.05. The third-order valence-electron chi connectivity index (χ3n) is 0.730. The highest BCUT2D eigenvalue weighted by Gasteiger charge is 2.01. The van der Waals surface area contributed by atoms with E-state index in [4.69, 9.17) is 15.9 Å². The second-order valence-corrected chi connectivity index (χ2v) is 3.45. The molecule has 0 aromatic carbocycles. The van der Waals surface area contributed by atoms with Gasteiger partial charge in [-0.1, -0.05) is 37.2 Å². The number of hydrogen-bond donors (Lipinski definition) is 3. The molecule has 0 aliphatic carbocycles. The summed E-state index contributed by atoms with van der Waals surface area (Å²) in [5.41, 5.74) is 4.84. The van der Waals surface area contributed by atoms with E-state index in [0.717, 1.165) is 0 Å². The zero-order chi connectivity index (χ0) is 12.3. The summed E-state index contributed by atoms with van der Waals surface area (Å²) >= 11 is 2.84. The fourth-order valence-electron chi connectivity index (χ4n) is 0. The normalized spacial score (nSPS) is 11.3. The van der Waals surface area contributed by atoms with E-state index in [2.05, 4.69) is 15.9 Å². The van der Waals surface area contributed by atoms with E-state index in [1.807, 2.05) is 13.8 Å². The molecule has 15 heavy (non-hydrogen) atoms. The molecule has 0 amide bonds. The smallest absolute Gasteiger partial charge is 0.320 e.